The highest BCUT2D eigenvalue weighted by Gasteiger charge is 2.17. The zero-order chi connectivity index (χ0) is 16.5. The zero-order valence-corrected chi connectivity index (χ0v) is 14.1. The lowest BCUT2D eigenvalue weighted by atomic mass is 9.95. The van der Waals surface area contributed by atoms with Crippen molar-refractivity contribution in [2.45, 2.75) is 57.9 Å². The number of benzene rings is 1. The molecule has 0 aromatic heterocycles. The van der Waals surface area contributed by atoms with Crippen LogP contribution in [-0.4, -0.2) is 35.8 Å². The van der Waals surface area contributed by atoms with Crippen LogP contribution in [0.1, 0.15) is 51.0 Å². The van der Waals surface area contributed by atoms with E-state index >= 15 is 0 Å². The molecule has 0 spiro atoms. The Bertz CT molecular complexity index is 495. The van der Waals surface area contributed by atoms with E-state index in [-0.39, 0.29) is 11.8 Å². The Morgan fingerprint density at radius 2 is 1.78 bits per heavy atom. The van der Waals surface area contributed by atoms with Crippen LogP contribution >= 0.6 is 0 Å². The molecule has 2 rings (SSSR count). The fourth-order valence-corrected chi connectivity index (χ4v) is 3.12. The fraction of sp³-hybridized carbons (Fsp3) is 0.579. The lowest BCUT2D eigenvalue weighted by Crippen LogP contribution is -2.39. The average Bonchev–Trinajstić information content (AvgIpc) is 2.56. The van der Waals surface area contributed by atoms with Crippen LogP contribution in [0.15, 0.2) is 30.3 Å². The van der Waals surface area contributed by atoms with Gasteiger partial charge in [-0.05, 0) is 24.8 Å². The summed E-state index contributed by atoms with van der Waals surface area (Å²) in [5.74, 6) is 0.106. The molecule has 4 heteroatoms. The van der Waals surface area contributed by atoms with E-state index in [9.17, 15) is 9.59 Å². The van der Waals surface area contributed by atoms with Crippen molar-refractivity contribution in [2.75, 3.05) is 13.1 Å². The van der Waals surface area contributed by atoms with Crippen LogP contribution in [0.2, 0.25) is 0 Å². The first-order chi connectivity index (χ1) is 11.1. The van der Waals surface area contributed by atoms with Crippen molar-refractivity contribution < 1.29 is 9.59 Å². The number of carbonyl (C=O) groups is 2. The first-order valence-electron chi connectivity index (χ1n) is 8.74. The number of hydrogen-bond donors (Lipinski definition) is 1. The minimum atomic E-state index is 0.0337. The zero-order valence-electron chi connectivity index (χ0n) is 14.1. The summed E-state index contributed by atoms with van der Waals surface area (Å²) in [6, 6.07) is 10.5. The van der Waals surface area contributed by atoms with Crippen LogP contribution < -0.4 is 5.32 Å². The monoisotopic (exact) mass is 316 g/mol. The van der Waals surface area contributed by atoms with Gasteiger partial charge in [-0.15, -0.1) is 0 Å². The number of carbonyl (C=O) groups excluding carboxylic acids is 2. The summed E-state index contributed by atoms with van der Waals surface area (Å²) in [5.41, 5.74) is 1.21. The van der Waals surface area contributed by atoms with Crippen LogP contribution in [-0.2, 0) is 16.0 Å². The first kappa shape index (κ1) is 17.5. The summed E-state index contributed by atoms with van der Waals surface area (Å²) < 4.78 is 0. The second kappa shape index (κ2) is 9.33. The third kappa shape index (κ3) is 6.43. The molecule has 23 heavy (non-hydrogen) atoms. The largest absolute Gasteiger partial charge is 0.353 e. The summed E-state index contributed by atoms with van der Waals surface area (Å²) >= 11 is 0. The summed E-state index contributed by atoms with van der Waals surface area (Å²) in [7, 11) is 0. The number of rotatable bonds is 7. The predicted molar refractivity (Wildman–Crippen MR) is 92.0 cm³/mol. The van der Waals surface area contributed by atoms with E-state index in [0.717, 1.165) is 19.3 Å². The number of nitrogens with zero attached hydrogens (tertiary/aromatic N) is 1. The molecule has 1 aromatic carbocycles. The molecule has 0 heterocycles. The highest BCUT2D eigenvalue weighted by molar-refractivity contribution is 5.78. The second-order valence-electron chi connectivity index (χ2n) is 6.39. The molecule has 0 bridgehead atoms. The molecule has 0 saturated heterocycles. The Morgan fingerprint density at radius 3 is 2.43 bits per heavy atom. The van der Waals surface area contributed by atoms with Gasteiger partial charge in [0.25, 0.3) is 0 Å². The Labute approximate surface area is 139 Å². The molecule has 0 radical (unpaired) electrons. The fourth-order valence-electron chi connectivity index (χ4n) is 3.12. The quantitative estimate of drug-likeness (QED) is 0.841. The molecule has 0 aliphatic heterocycles. The number of nitrogens with one attached hydrogen (secondary N) is 1. The maximum Gasteiger partial charge on any atom is 0.221 e. The van der Waals surface area contributed by atoms with E-state index < -0.39 is 0 Å². The molecule has 0 atom stereocenters. The van der Waals surface area contributed by atoms with Crippen molar-refractivity contribution in [3.8, 4) is 0 Å². The molecular formula is C19H28N2O2. The lowest BCUT2D eigenvalue weighted by molar-refractivity contribution is -0.129. The summed E-state index contributed by atoms with van der Waals surface area (Å²) in [6.45, 7) is 2.74. The minimum absolute atomic E-state index is 0.0337. The van der Waals surface area contributed by atoms with Crippen molar-refractivity contribution in [3.63, 3.8) is 0 Å². The predicted octanol–water partition coefficient (Wildman–Crippen LogP) is 2.92. The third-order valence-electron chi connectivity index (χ3n) is 4.54. The molecule has 1 aliphatic rings. The van der Waals surface area contributed by atoms with Crippen molar-refractivity contribution in [1.29, 1.82) is 0 Å². The van der Waals surface area contributed by atoms with Crippen molar-refractivity contribution in [2.24, 2.45) is 0 Å². The maximum absolute atomic E-state index is 12.1. The molecule has 2 amide bonds. The van der Waals surface area contributed by atoms with Crippen molar-refractivity contribution in [1.82, 2.24) is 10.2 Å². The Morgan fingerprint density at radius 1 is 1.09 bits per heavy atom. The van der Waals surface area contributed by atoms with E-state index in [0.29, 0.717) is 25.6 Å². The van der Waals surface area contributed by atoms with Gasteiger partial charge in [0.1, 0.15) is 0 Å². The van der Waals surface area contributed by atoms with Gasteiger partial charge in [0, 0.05) is 32.5 Å². The highest BCUT2D eigenvalue weighted by atomic mass is 16.2. The van der Waals surface area contributed by atoms with Crippen LogP contribution in [0, 0.1) is 0 Å². The molecular weight excluding hydrogens is 288 g/mol. The highest BCUT2D eigenvalue weighted by Crippen LogP contribution is 2.17. The lowest BCUT2D eigenvalue weighted by Gasteiger charge is -2.24. The smallest absolute Gasteiger partial charge is 0.221 e. The third-order valence-corrected chi connectivity index (χ3v) is 4.54. The second-order valence-corrected chi connectivity index (χ2v) is 6.39. The van der Waals surface area contributed by atoms with Crippen LogP contribution in [0.4, 0.5) is 0 Å². The Balaban J connectivity index is 1.73. The Kier molecular flexibility index (Phi) is 7.11. The molecule has 1 fully saturated rings. The van der Waals surface area contributed by atoms with Gasteiger partial charge in [-0.3, -0.25) is 9.59 Å². The minimum Gasteiger partial charge on any atom is -0.353 e. The SMILES string of the molecule is CC(=O)N(CCC(=O)NC1CCCCC1)CCc1ccccc1. The number of hydrogen-bond acceptors (Lipinski definition) is 2. The molecule has 0 unspecified atom stereocenters. The molecule has 1 aliphatic carbocycles. The van der Waals surface area contributed by atoms with E-state index in [2.05, 4.69) is 17.4 Å². The van der Waals surface area contributed by atoms with Gasteiger partial charge in [0.2, 0.25) is 11.8 Å². The van der Waals surface area contributed by atoms with Gasteiger partial charge in [-0.1, -0.05) is 49.6 Å². The normalized spacial score (nSPS) is 15.2. The molecule has 1 N–H and O–H groups in total. The van der Waals surface area contributed by atoms with Crippen LogP contribution in [0.25, 0.3) is 0 Å². The van der Waals surface area contributed by atoms with E-state index in [1.54, 1.807) is 11.8 Å². The van der Waals surface area contributed by atoms with E-state index in [4.69, 9.17) is 0 Å². The molecule has 4 nitrogen and oxygen atoms in total. The standard InChI is InChI=1S/C19H28N2O2/c1-16(22)21(14-12-17-8-4-2-5-9-17)15-13-19(23)20-18-10-6-3-7-11-18/h2,4-5,8-9,18H,3,6-7,10-15H2,1H3,(H,20,23). The van der Waals surface area contributed by atoms with E-state index in [1.807, 2.05) is 18.2 Å². The maximum atomic E-state index is 12.1. The summed E-state index contributed by atoms with van der Waals surface area (Å²) in [4.78, 5) is 25.6. The van der Waals surface area contributed by atoms with Gasteiger partial charge in [0.15, 0.2) is 0 Å². The summed E-state index contributed by atoms with van der Waals surface area (Å²) in [5, 5.41) is 3.11. The number of amides is 2. The van der Waals surface area contributed by atoms with Gasteiger partial charge in [0.05, 0.1) is 0 Å². The van der Waals surface area contributed by atoms with Gasteiger partial charge in [-0.25, -0.2) is 0 Å². The van der Waals surface area contributed by atoms with Crippen LogP contribution in [0.5, 0.6) is 0 Å². The topological polar surface area (TPSA) is 49.4 Å². The van der Waals surface area contributed by atoms with Crippen molar-refractivity contribution in [3.05, 3.63) is 35.9 Å². The summed E-state index contributed by atoms with van der Waals surface area (Å²) in [6.07, 6.45) is 7.11. The van der Waals surface area contributed by atoms with Gasteiger partial charge >= 0.3 is 0 Å². The van der Waals surface area contributed by atoms with Gasteiger partial charge < -0.3 is 10.2 Å². The van der Waals surface area contributed by atoms with E-state index in [1.165, 1.54) is 24.8 Å². The average molecular weight is 316 g/mol. The molecule has 1 aromatic rings. The molecule has 126 valence electrons. The van der Waals surface area contributed by atoms with Gasteiger partial charge in [-0.2, -0.15) is 0 Å². The van der Waals surface area contributed by atoms with Crippen molar-refractivity contribution >= 4 is 11.8 Å². The Hall–Kier alpha value is -1.84. The first-order valence-corrected chi connectivity index (χ1v) is 8.74. The van der Waals surface area contributed by atoms with Crippen LogP contribution in [0.3, 0.4) is 0 Å². The molecule has 1 saturated carbocycles.